The van der Waals surface area contributed by atoms with Gasteiger partial charge in [0, 0.05) is 22.0 Å². The van der Waals surface area contributed by atoms with Gasteiger partial charge in [0.25, 0.3) is 0 Å². The molecule has 0 atom stereocenters. The van der Waals surface area contributed by atoms with Crippen molar-refractivity contribution in [2.24, 2.45) is 0 Å². The molecule has 0 saturated heterocycles. The summed E-state index contributed by atoms with van der Waals surface area (Å²) in [6, 6.07) is 28.4. The Morgan fingerprint density at radius 3 is 1.65 bits per heavy atom. The number of benzene rings is 4. The highest BCUT2D eigenvalue weighted by molar-refractivity contribution is 6.10. The van der Waals surface area contributed by atoms with Gasteiger partial charge >= 0.3 is 12.4 Å². The molecule has 0 spiro atoms. The smallest absolute Gasteiger partial charge is 0.351 e. The summed E-state index contributed by atoms with van der Waals surface area (Å²) in [7, 11) is 0. The number of hydrogen-bond donors (Lipinski definition) is 1. The summed E-state index contributed by atoms with van der Waals surface area (Å²) in [6.45, 7) is 0. The molecule has 40 heavy (non-hydrogen) atoms. The molecule has 0 saturated carbocycles. The van der Waals surface area contributed by atoms with Crippen molar-refractivity contribution < 1.29 is 26.3 Å². The summed E-state index contributed by atoms with van der Waals surface area (Å²) in [5.41, 5.74) is -2.87. The summed E-state index contributed by atoms with van der Waals surface area (Å²) < 4.78 is 88.0. The summed E-state index contributed by atoms with van der Waals surface area (Å²) in [5, 5.41) is 10.0. The summed E-state index contributed by atoms with van der Waals surface area (Å²) in [4.78, 5) is 0. The minimum absolute atomic E-state index is 0.169. The predicted octanol–water partition coefficient (Wildman–Crippen LogP) is 9.02. The fraction of sp³-hybridized carbons (Fsp3) is 0.0667. The Hall–Kier alpha value is -4.86. The predicted molar refractivity (Wildman–Crippen MR) is 142 cm³/mol. The van der Waals surface area contributed by atoms with Crippen LogP contribution in [0.2, 0.25) is 0 Å². The van der Waals surface area contributed by atoms with E-state index >= 15 is 0 Å². The van der Waals surface area contributed by atoms with Gasteiger partial charge in [-0.1, -0.05) is 84.9 Å². The molecule has 10 heteroatoms. The van der Waals surface area contributed by atoms with Gasteiger partial charge in [-0.05, 0) is 23.8 Å². The lowest BCUT2D eigenvalue weighted by Gasteiger charge is -2.23. The van der Waals surface area contributed by atoms with E-state index in [1.807, 2.05) is 0 Å². The molecule has 0 aliphatic rings. The monoisotopic (exact) mass is 548 g/mol. The molecule has 6 rings (SSSR count). The first kappa shape index (κ1) is 25.4. The molecule has 0 radical (unpaired) electrons. The summed E-state index contributed by atoms with van der Waals surface area (Å²) >= 11 is 0. The number of fused-ring (bicyclic) bond motifs is 3. The van der Waals surface area contributed by atoms with E-state index in [1.54, 1.807) is 97.1 Å². The highest BCUT2D eigenvalue weighted by Crippen LogP contribution is 2.46. The van der Waals surface area contributed by atoms with Crippen molar-refractivity contribution in [2.45, 2.75) is 12.4 Å². The van der Waals surface area contributed by atoms with E-state index in [2.05, 4.69) is 15.5 Å². The Morgan fingerprint density at radius 2 is 1.05 bits per heavy atom. The lowest BCUT2D eigenvalue weighted by atomic mass is 10.0. The largest absolute Gasteiger partial charge is 0.437 e. The van der Waals surface area contributed by atoms with Gasteiger partial charge in [-0.3, -0.25) is 0 Å². The van der Waals surface area contributed by atoms with Crippen molar-refractivity contribution in [3.63, 3.8) is 0 Å². The van der Waals surface area contributed by atoms with Gasteiger partial charge in [-0.15, -0.1) is 10.2 Å². The number of hydrogen-bond acceptors (Lipinski definition) is 3. The Balaban J connectivity index is 1.74. The first-order chi connectivity index (χ1) is 19.1. The van der Waals surface area contributed by atoms with E-state index < -0.39 is 35.1 Å². The van der Waals surface area contributed by atoms with Crippen LogP contribution in [0.1, 0.15) is 11.4 Å². The second kappa shape index (κ2) is 9.41. The van der Waals surface area contributed by atoms with Crippen LogP contribution in [0.4, 0.5) is 37.7 Å². The lowest BCUT2D eigenvalue weighted by molar-refractivity contribution is -0.147. The zero-order valence-corrected chi connectivity index (χ0v) is 20.4. The molecule has 0 bridgehead atoms. The first-order valence-corrected chi connectivity index (χ1v) is 12.1. The molecule has 2 heterocycles. The van der Waals surface area contributed by atoms with Crippen LogP contribution >= 0.6 is 0 Å². The highest BCUT2D eigenvalue weighted by Gasteiger charge is 2.44. The Morgan fingerprint density at radius 1 is 0.550 bits per heavy atom. The minimum Gasteiger partial charge on any atom is -0.351 e. The molecular formula is C30H18F6N4. The average molecular weight is 548 g/mol. The van der Waals surface area contributed by atoms with E-state index in [0.29, 0.717) is 21.9 Å². The van der Waals surface area contributed by atoms with Gasteiger partial charge in [0.2, 0.25) is 0 Å². The molecule has 4 nitrogen and oxygen atoms in total. The number of aromatic nitrogens is 3. The van der Waals surface area contributed by atoms with Gasteiger partial charge in [0.15, 0.2) is 11.4 Å². The van der Waals surface area contributed by atoms with E-state index in [-0.39, 0.29) is 16.7 Å². The molecule has 200 valence electrons. The first-order valence-electron chi connectivity index (χ1n) is 12.1. The van der Waals surface area contributed by atoms with Gasteiger partial charge < -0.3 is 9.88 Å². The molecule has 0 fully saturated rings. The van der Waals surface area contributed by atoms with E-state index in [9.17, 15) is 26.3 Å². The molecule has 1 N–H and O–H groups in total. The fourth-order valence-corrected chi connectivity index (χ4v) is 4.91. The third kappa shape index (κ3) is 4.31. The van der Waals surface area contributed by atoms with Crippen LogP contribution in [-0.4, -0.2) is 14.8 Å². The third-order valence-electron chi connectivity index (χ3n) is 6.56. The highest BCUT2D eigenvalue weighted by atomic mass is 19.4. The van der Waals surface area contributed by atoms with Gasteiger partial charge in [0.1, 0.15) is 5.69 Å². The van der Waals surface area contributed by atoms with Gasteiger partial charge in [-0.2, -0.15) is 26.3 Å². The normalized spacial score (nSPS) is 12.2. The van der Waals surface area contributed by atoms with Crippen molar-refractivity contribution in [3.05, 3.63) is 115 Å². The Kier molecular flexibility index (Phi) is 5.98. The number of nitrogens with zero attached hydrogens (tertiary/aromatic N) is 3. The number of anilines is 2. The topological polar surface area (TPSA) is 42.7 Å². The van der Waals surface area contributed by atoms with Crippen molar-refractivity contribution in [1.29, 1.82) is 0 Å². The Labute approximate surface area is 223 Å². The minimum atomic E-state index is -5.12. The summed E-state index contributed by atoms with van der Waals surface area (Å²) in [5.74, 6) is 0. The molecular weight excluding hydrogens is 530 g/mol. The quantitative estimate of drug-likeness (QED) is 0.224. The van der Waals surface area contributed by atoms with Crippen LogP contribution in [-0.2, 0) is 12.4 Å². The van der Waals surface area contributed by atoms with Crippen molar-refractivity contribution in [3.8, 4) is 16.8 Å². The molecule has 0 aliphatic heterocycles. The number of para-hydroxylation sites is 3. The van der Waals surface area contributed by atoms with Crippen molar-refractivity contribution >= 4 is 33.2 Å². The second-order valence-electron chi connectivity index (χ2n) is 9.02. The van der Waals surface area contributed by atoms with E-state index in [4.69, 9.17) is 0 Å². The van der Waals surface area contributed by atoms with Crippen molar-refractivity contribution in [2.75, 3.05) is 5.32 Å². The molecule has 2 aromatic heterocycles. The molecule has 0 amide bonds. The maximum atomic E-state index is 14.5. The number of rotatable bonds is 4. The standard InChI is InChI=1S/C30H18F6N4/c31-29(32,33)27-25(37-22-15-7-4-12-19(22)18-10-2-1-3-11-18)26(28(39-38-27)30(34,35)36)40-23-16-8-5-13-20(23)21-14-6-9-17-24(21)40/h1-17H,(H,37,39). The lowest BCUT2D eigenvalue weighted by Crippen LogP contribution is -2.22. The zero-order valence-electron chi connectivity index (χ0n) is 20.4. The SMILES string of the molecule is FC(F)(F)c1nnc(C(F)(F)F)c(-n2c3ccccc3c3ccccc32)c1Nc1ccccc1-c1ccccc1. The summed E-state index contributed by atoms with van der Waals surface area (Å²) in [6.07, 6.45) is -10.2. The van der Waals surface area contributed by atoms with Crippen LogP contribution in [0.15, 0.2) is 103 Å². The van der Waals surface area contributed by atoms with Crippen molar-refractivity contribution in [1.82, 2.24) is 14.8 Å². The maximum absolute atomic E-state index is 14.5. The molecule has 0 unspecified atom stereocenters. The zero-order chi connectivity index (χ0) is 28.1. The van der Waals surface area contributed by atoms with Gasteiger partial charge in [-0.25, -0.2) is 0 Å². The van der Waals surface area contributed by atoms with Crippen LogP contribution in [0, 0.1) is 0 Å². The second-order valence-corrected chi connectivity index (χ2v) is 9.02. The number of alkyl halides is 6. The van der Waals surface area contributed by atoms with Gasteiger partial charge in [0.05, 0.1) is 16.7 Å². The Bertz CT molecular complexity index is 1800. The van der Waals surface area contributed by atoms with Crippen LogP contribution in [0.25, 0.3) is 38.6 Å². The number of halogens is 6. The molecule has 6 aromatic rings. The number of nitrogens with one attached hydrogen (secondary N) is 1. The van der Waals surface area contributed by atoms with E-state index in [0.717, 1.165) is 0 Å². The van der Waals surface area contributed by atoms with Crippen LogP contribution < -0.4 is 5.32 Å². The fourth-order valence-electron chi connectivity index (χ4n) is 4.91. The third-order valence-corrected chi connectivity index (χ3v) is 6.56. The maximum Gasteiger partial charge on any atom is 0.437 e. The van der Waals surface area contributed by atoms with Crippen LogP contribution in [0.5, 0.6) is 0 Å². The molecule has 0 aliphatic carbocycles. The van der Waals surface area contributed by atoms with E-state index in [1.165, 1.54) is 10.6 Å². The van der Waals surface area contributed by atoms with Crippen LogP contribution in [0.3, 0.4) is 0 Å². The average Bonchev–Trinajstić information content (AvgIpc) is 3.27. The molecule has 4 aromatic carbocycles.